The van der Waals surface area contributed by atoms with Crippen LogP contribution < -0.4 is 0 Å². The molecule has 0 unspecified atom stereocenters. The molecule has 0 aliphatic rings. The molecule has 0 radical (unpaired) electrons. The topological polar surface area (TPSA) is 34.9 Å². The van der Waals surface area contributed by atoms with Crippen LogP contribution in [0.3, 0.4) is 0 Å². The zero-order valence-corrected chi connectivity index (χ0v) is 11.3. The van der Waals surface area contributed by atoms with Crippen molar-refractivity contribution in [2.24, 2.45) is 0 Å². The minimum Gasteiger partial charge on any atom is -0.288 e. The summed E-state index contributed by atoms with van der Waals surface area (Å²) in [5.74, 6) is -0.0883. The van der Waals surface area contributed by atoms with Crippen LogP contribution in [0.5, 0.6) is 0 Å². The third kappa shape index (κ3) is 2.49. The van der Waals surface area contributed by atoms with Gasteiger partial charge in [0.2, 0.25) is 0 Å². The zero-order valence-electron chi connectivity index (χ0n) is 10.5. The number of hydrogen-bond donors (Lipinski definition) is 0. The molecule has 0 N–H and O–H groups in total. The molecule has 4 heteroatoms. The smallest absolute Gasteiger partial charge is 0.196 e. The Hall–Kier alpha value is -2.39. The third-order valence-electron chi connectivity index (χ3n) is 2.95. The predicted molar refractivity (Wildman–Crippen MR) is 78.4 cm³/mol. The van der Waals surface area contributed by atoms with E-state index in [1.165, 1.54) is 0 Å². The minimum atomic E-state index is -0.0883. The second-order valence-electron chi connectivity index (χ2n) is 4.35. The Morgan fingerprint density at radius 3 is 2.55 bits per heavy atom. The third-order valence-corrected chi connectivity index (χ3v) is 3.19. The SMILES string of the molecule is O=C(c1cccc(Cl)c1)c1cnn(-c2ccccc2)c1. The molecule has 3 nitrogen and oxygen atoms in total. The Bertz CT molecular complexity index is 750. The highest BCUT2D eigenvalue weighted by Crippen LogP contribution is 2.15. The standard InChI is InChI=1S/C16H11ClN2O/c17-14-6-4-5-12(9-14)16(20)13-10-18-19(11-13)15-7-2-1-3-8-15/h1-11H. The Balaban J connectivity index is 1.93. The average Bonchev–Trinajstić information content (AvgIpc) is 2.97. The molecule has 0 bridgehead atoms. The maximum atomic E-state index is 12.3. The van der Waals surface area contributed by atoms with Crippen molar-refractivity contribution in [1.82, 2.24) is 9.78 Å². The van der Waals surface area contributed by atoms with Gasteiger partial charge in [-0.05, 0) is 24.3 Å². The molecule has 0 atom stereocenters. The Morgan fingerprint density at radius 2 is 1.80 bits per heavy atom. The van der Waals surface area contributed by atoms with Crippen molar-refractivity contribution < 1.29 is 4.79 Å². The normalized spacial score (nSPS) is 10.4. The van der Waals surface area contributed by atoms with Crippen molar-refractivity contribution in [2.75, 3.05) is 0 Å². The van der Waals surface area contributed by atoms with E-state index in [9.17, 15) is 4.79 Å². The van der Waals surface area contributed by atoms with Crippen molar-refractivity contribution in [2.45, 2.75) is 0 Å². The fraction of sp³-hybridized carbons (Fsp3) is 0. The number of ketones is 1. The van der Waals surface area contributed by atoms with Gasteiger partial charge in [-0.15, -0.1) is 0 Å². The number of hydrogen-bond acceptors (Lipinski definition) is 2. The van der Waals surface area contributed by atoms with E-state index in [0.29, 0.717) is 16.1 Å². The van der Waals surface area contributed by atoms with Crippen LogP contribution in [0, 0.1) is 0 Å². The summed E-state index contributed by atoms with van der Waals surface area (Å²) in [7, 11) is 0. The molecule has 1 aromatic heterocycles. The first-order valence-corrected chi connectivity index (χ1v) is 6.52. The fourth-order valence-corrected chi connectivity index (χ4v) is 2.15. The van der Waals surface area contributed by atoms with Gasteiger partial charge in [-0.1, -0.05) is 41.9 Å². The van der Waals surface area contributed by atoms with E-state index < -0.39 is 0 Å². The first-order chi connectivity index (χ1) is 9.74. The lowest BCUT2D eigenvalue weighted by molar-refractivity contribution is 0.103. The molecule has 1 heterocycles. The number of carbonyl (C=O) groups excluding carboxylic acids is 1. The summed E-state index contributed by atoms with van der Waals surface area (Å²) in [4.78, 5) is 12.3. The van der Waals surface area contributed by atoms with Gasteiger partial charge in [0, 0.05) is 16.8 Å². The van der Waals surface area contributed by atoms with Crippen molar-refractivity contribution in [3.63, 3.8) is 0 Å². The van der Waals surface area contributed by atoms with Crippen LogP contribution in [-0.4, -0.2) is 15.6 Å². The van der Waals surface area contributed by atoms with Gasteiger partial charge >= 0.3 is 0 Å². The van der Waals surface area contributed by atoms with E-state index in [-0.39, 0.29) is 5.78 Å². The van der Waals surface area contributed by atoms with Crippen molar-refractivity contribution >= 4 is 17.4 Å². The van der Waals surface area contributed by atoms with E-state index in [1.54, 1.807) is 41.3 Å². The number of rotatable bonds is 3. The molecule has 98 valence electrons. The van der Waals surface area contributed by atoms with Crippen LogP contribution in [-0.2, 0) is 0 Å². The van der Waals surface area contributed by atoms with Crippen LogP contribution in [0.1, 0.15) is 15.9 Å². The molecule has 3 aromatic rings. The molecule has 0 fully saturated rings. The quantitative estimate of drug-likeness (QED) is 0.686. The average molecular weight is 283 g/mol. The molecule has 0 amide bonds. The molecule has 20 heavy (non-hydrogen) atoms. The molecule has 0 aliphatic carbocycles. The number of nitrogens with zero attached hydrogens (tertiary/aromatic N) is 2. The van der Waals surface area contributed by atoms with Crippen LogP contribution in [0.4, 0.5) is 0 Å². The first-order valence-electron chi connectivity index (χ1n) is 6.14. The summed E-state index contributed by atoms with van der Waals surface area (Å²) in [5.41, 5.74) is 2.01. The van der Waals surface area contributed by atoms with Crippen molar-refractivity contribution in [3.05, 3.63) is 83.1 Å². The molecule has 0 saturated heterocycles. The molecular formula is C16H11ClN2O. The molecule has 2 aromatic carbocycles. The minimum absolute atomic E-state index is 0.0883. The van der Waals surface area contributed by atoms with Gasteiger partial charge < -0.3 is 0 Å². The van der Waals surface area contributed by atoms with Gasteiger partial charge in [0.15, 0.2) is 5.78 Å². The lowest BCUT2D eigenvalue weighted by atomic mass is 10.1. The molecule has 0 spiro atoms. The monoisotopic (exact) mass is 282 g/mol. The number of aromatic nitrogens is 2. The number of benzene rings is 2. The molecular weight excluding hydrogens is 272 g/mol. The summed E-state index contributed by atoms with van der Waals surface area (Å²) in [6, 6.07) is 16.6. The van der Waals surface area contributed by atoms with Gasteiger partial charge in [0.1, 0.15) is 0 Å². The van der Waals surface area contributed by atoms with E-state index in [4.69, 9.17) is 11.6 Å². The fourth-order valence-electron chi connectivity index (χ4n) is 1.96. The van der Waals surface area contributed by atoms with Crippen molar-refractivity contribution in [1.29, 1.82) is 0 Å². The van der Waals surface area contributed by atoms with Gasteiger partial charge in [-0.25, -0.2) is 4.68 Å². The lowest BCUT2D eigenvalue weighted by Gasteiger charge is -2.00. The highest BCUT2D eigenvalue weighted by molar-refractivity contribution is 6.31. The van der Waals surface area contributed by atoms with Crippen LogP contribution in [0.15, 0.2) is 67.0 Å². The number of para-hydroxylation sites is 1. The van der Waals surface area contributed by atoms with Crippen molar-refractivity contribution in [3.8, 4) is 5.69 Å². The summed E-state index contributed by atoms with van der Waals surface area (Å²) in [5, 5.41) is 4.77. The first kappa shape index (κ1) is 12.6. The van der Waals surface area contributed by atoms with Crippen LogP contribution in [0.25, 0.3) is 5.69 Å². The van der Waals surface area contributed by atoms with Crippen LogP contribution in [0.2, 0.25) is 5.02 Å². The van der Waals surface area contributed by atoms with E-state index >= 15 is 0 Å². The van der Waals surface area contributed by atoms with Gasteiger partial charge in [-0.2, -0.15) is 5.10 Å². The van der Waals surface area contributed by atoms with Gasteiger partial charge in [0.05, 0.1) is 17.4 Å². The Morgan fingerprint density at radius 1 is 1.00 bits per heavy atom. The maximum Gasteiger partial charge on any atom is 0.196 e. The summed E-state index contributed by atoms with van der Waals surface area (Å²) in [6.07, 6.45) is 3.29. The van der Waals surface area contributed by atoms with Gasteiger partial charge in [-0.3, -0.25) is 4.79 Å². The number of carbonyl (C=O) groups is 1. The summed E-state index contributed by atoms with van der Waals surface area (Å²) >= 11 is 5.90. The summed E-state index contributed by atoms with van der Waals surface area (Å²) in [6.45, 7) is 0. The van der Waals surface area contributed by atoms with E-state index in [2.05, 4.69) is 5.10 Å². The lowest BCUT2D eigenvalue weighted by Crippen LogP contribution is -1.99. The highest BCUT2D eigenvalue weighted by atomic mass is 35.5. The highest BCUT2D eigenvalue weighted by Gasteiger charge is 2.12. The second-order valence-corrected chi connectivity index (χ2v) is 4.79. The largest absolute Gasteiger partial charge is 0.288 e. The Kier molecular flexibility index (Phi) is 3.35. The second kappa shape index (κ2) is 5.31. The molecule has 0 aliphatic heterocycles. The van der Waals surface area contributed by atoms with Crippen LogP contribution >= 0.6 is 11.6 Å². The Labute approximate surface area is 121 Å². The maximum absolute atomic E-state index is 12.3. The zero-order chi connectivity index (χ0) is 13.9. The van der Waals surface area contributed by atoms with Gasteiger partial charge in [0.25, 0.3) is 0 Å². The van der Waals surface area contributed by atoms with E-state index in [1.807, 2.05) is 30.3 Å². The molecule has 0 saturated carbocycles. The number of halogens is 1. The molecule has 3 rings (SSSR count). The predicted octanol–water partition coefficient (Wildman–Crippen LogP) is 3.76. The van der Waals surface area contributed by atoms with E-state index in [0.717, 1.165) is 5.69 Å². The summed E-state index contributed by atoms with van der Waals surface area (Å²) < 4.78 is 1.68.